The van der Waals surface area contributed by atoms with Gasteiger partial charge in [-0.05, 0) is 25.5 Å². The molecule has 0 saturated carbocycles. The third-order valence-corrected chi connectivity index (χ3v) is 3.10. The number of nitrogens with zero attached hydrogens (tertiary/aromatic N) is 1. The van der Waals surface area contributed by atoms with Crippen LogP contribution in [0.1, 0.15) is 24.6 Å². The molecule has 0 unspecified atom stereocenters. The average Bonchev–Trinajstić information content (AvgIpc) is 2.47. The Labute approximate surface area is 94.6 Å². The minimum Gasteiger partial charge on any atom is -0.339 e. The van der Waals surface area contributed by atoms with Crippen LogP contribution in [0.2, 0.25) is 0 Å². The summed E-state index contributed by atoms with van der Waals surface area (Å²) in [5, 5.41) is 1.23. The minimum atomic E-state index is 1.00. The van der Waals surface area contributed by atoms with Crippen LogP contribution < -0.4 is 5.84 Å². The van der Waals surface area contributed by atoms with E-state index >= 15 is 0 Å². The molecule has 2 nitrogen and oxygen atoms in total. The van der Waals surface area contributed by atoms with Gasteiger partial charge in [-0.1, -0.05) is 35.9 Å². The topological polar surface area (TPSA) is 30.9 Å². The normalized spacial score (nSPS) is 14.7. The Kier molecular flexibility index (Phi) is 1.90. The van der Waals surface area contributed by atoms with E-state index in [4.69, 9.17) is 5.84 Å². The Balaban J connectivity index is 2.46. The minimum absolute atomic E-state index is 1.00. The molecule has 1 heterocycles. The number of aromatic nitrogens is 1. The number of benzene rings is 1. The summed E-state index contributed by atoms with van der Waals surface area (Å²) in [6, 6.07) is 8.26. The lowest BCUT2D eigenvalue weighted by Crippen LogP contribution is -2.09. The molecule has 80 valence electrons. The highest BCUT2D eigenvalue weighted by Gasteiger charge is 2.13. The molecule has 1 aromatic heterocycles. The standard InChI is InChI=1S/C14H14N2/c1-10-5-4-8-14-12(9-10)11-6-2-3-7-13(11)16(14)15/h2-4,6-9H,5,15H2,1H3. The van der Waals surface area contributed by atoms with Gasteiger partial charge in [0.05, 0.1) is 11.2 Å². The molecular formula is C14H14N2. The van der Waals surface area contributed by atoms with Crippen LogP contribution in [0.25, 0.3) is 23.1 Å². The van der Waals surface area contributed by atoms with E-state index in [-0.39, 0.29) is 0 Å². The lowest BCUT2D eigenvalue weighted by Gasteiger charge is -1.98. The van der Waals surface area contributed by atoms with Gasteiger partial charge in [0.1, 0.15) is 0 Å². The van der Waals surface area contributed by atoms with Crippen molar-refractivity contribution >= 4 is 23.1 Å². The van der Waals surface area contributed by atoms with Crippen LogP contribution >= 0.6 is 0 Å². The van der Waals surface area contributed by atoms with Gasteiger partial charge in [-0.3, -0.25) is 4.68 Å². The summed E-state index contributed by atoms with van der Waals surface area (Å²) in [7, 11) is 0. The Morgan fingerprint density at radius 3 is 2.94 bits per heavy atom. The van der Waals surface area contributed by atoms with E-state index in [1.54, 1.807) is 4.68 Å². The first-order chi connectivity index (χ1) is 7.77. The molecule has 0 bridgehead atoms. The van der Waals surface area contributed by atoms with Crippen molar-refractivity contribution in [1.82, 2.24) is 4.68 Å². The first-order valence-electron chi connectivity index (χ1n) is 5.49. The number of para-hydroxylation sites is 1. The zero-order valence-electron chi connectivity index (χ0n) is 9.27. The number of nitrogen functional groups attached to an aromatic ring is 1. The molecule has 0 aliphatic heterocycles. The van der Waals surface area contributed by atoms with Crippen LogP contribution in [-0.4, -0.2) is 4.68 Å². The molecule has 1 aliphatic rings. The van der Waals surface area contributed by atoms with E-state index in [1.807, 2.05) is 6.07 Å². The number of allylic oxidation sites excluding steroid dienone is 2. The number of hydrogen-bond acceptors (Lipinski definition) is 1. The predicted octanol–water partition coefficient (Wildman–Crippen LogP) is 3.18. The molecule has 2 heteroatoms. The molecular weight excluding hydrogens is 196 g/mol. The molecule has 1 aliphatic carbocycles. The zero-order chi connectivity index (χ0) is 11.1. The fourth-order valence-corrected chi connectivity index (χ4v) is 2.29. The summed E-state index contributed by atoms with van der Waals surface area (Å²) in [4.78, 5) is 0. The van der Waals surface area contributed by atoms with Crippen molar-refractivity contribution in [2.24, 2.45) is 0 Å². The highest BCUT2D eigenvalue weighted by molar-refractivity contribution is 5.94. The maximum Gasteiger partial charge on any atom is 0.0703 e. The van der Waals surface area contributed by atoms with Crippen molar-refractivity contribution in [1.29, 1.82) is 0 Å². The van der Waals surface area contributed by atoms with Gasteiger partial charge in [-0.25, -0.2) is 0 Å². The fourth-order valence-electron chi connectivity index (χ4n) is 2.29. The summed E-state index contributed by atoms with van der Waals surface area (Å²) in [6.07, 6.45) is 7.52. The monoisotopic (exact) mass is 210 g/mol. The van der Waals surface area contributed by atoms with E-state index in [0.717, 1.165) is 17.6 Å². The molecule has 16 heavy (non-hydrogen) atoms. The lowest BCUT2D eigenvalue weighted by molar-refractivity contribution is 1.05. The van der Waals surface area contributed by atoms with Crippen molar-refractivity contribution in [2.75, 3.05) is 5.84 Å². The van der Waals surface area contributed by atoms with Crippen LogP contribution in [0.3, 0.4) is 0 Å². The molecule has 0 fully saturated rings. The van der Waals surface area contributed by atoms with E-state index in [9.17, 15) is 0 Å². The van der Waals surface area contributed by atoms with Gasteiger partial charge in [0, 0.05) is 10.9 Å². The van der Waals surface area contributed by atoms with Crippen molar-refractivity contribution in [3.05, 3.63) is 47.2 Å². The number of fused-ring (bicyclic) bond motifs is 3. The second-order valence-electron chi connectivity index (χ2n) is 4.28. The smallest absolute Gasteiger partial charge is 0.0703 e. The first-order valence-corrected chi connectivity index (χ1v) is 5.49. The predicted molar refractivity (Wildman–Crippen MR) is 69.4 cm³/mol. The molecule has 0 saturated heterocycles. The van der Waals surface area contributed by atoms with Gasteiger partial charge in [-0.2, -0.15) is 0 Å². The van der Waals surface area contributed by atoms with Crippen LogP contribution in [-0.2, 0) is 0 Å². The summed E-state index contributed by atoms with van der Waals surface area (Å²) < 4.78 is 1.77. The van der Waals surface area contributed by atoms with Gasteiger partial charge >= 0.3 is 0 Å². The molecule has 1 aromatic carbocycles. The number of nitrogens with two attached hydrogens (primary N) is 1. The van der Waals surface area contributed by atoms with E-state index in [1.165, 1.54) is 16.5 Å². The second-order valence-corrected chi connectivity index (χ2v) is 4.28. The van der Waals surface area contributed by atoms with Crippen molar-refractivity contribution in [2.45, 2.75) is 13.3 Å². The Morgan fingerprint density at radius 1 is 1.25 bits per heavy atom. The number of hydrogen-bond donors (Lipinski definition) is 1. The summed E-state index contributed by atoms with van der Waals surface area (Å²) in [5.41, 5.74) is 4.79. The first kappa shape index (κ1) is 9.28. The molecule has 2 N–H and O–H groups in total. The molecule has 0 radical (unpaired) electrons. The fraction of sp³-hybridized carbons (Fsp3) is 0.143. The average molecular weight is 210 g/mol. The van der Waals surface area contributed by atoms with Crippen molar-refractivity contribution in [3.8, 4) is 0 Å². The third kappa shape index (κ3) is 1.20. The Bertz CT molecular complexity index is 615. The van der Waals surface area contributed by atoms with Gasteiger partial charge in [0.15, 0.2) is 0 Å². The second kappa shape index (κ2) is 3.27. The van der Waals surface area contributed by atoms with Gasteiger partial charge < -0.3 is 5.84 Å². The number of rotatable bonds is 0. The molecule has 2 aromatic rings. The SMILES string of the molecule is CC1=Cc2c(n(N)c3ccccc23)C=CC1. The largest absolute Gasteiger partial charge is 0.339 e. The molecule has 0 amide bonds. The highest BCUT2D eigenvalue weighted by atomic mass is 15.3. The zero-order valence-corrected chi connectivity index (χ0v) is 9.27. The van der Waals surface area contributed by atoms with Gasteiger partial charge in [-0.15, -0.1) is 0 Å². The van der Waals surface area contributed by atoms with Crippen LogP contribution in [0.5, 0.6) is 0 Å². The Hall–Kier alpha value is -1.96. The maximum atomic E-state index is 6.11. The highest BCUT2D eigenvalue weighted by Crippen LogP contribution is 2.29. The van der Waals surface area contributed by atoms with E-state index in [2.05, 4.69) is 43.4 Å². The van der Waals surface area contributed by atoms with Crippen molar-refractivity contribution in [3.63, 3.8) is 0 Å². The van der Waals surface area contributed by atoms with Gasteiger partial charge in [0.2, 0.25) is 0 Å². The maximum absolute atomic E-state index is 6.11. The van der Waals surface area contributed by atoms with Crippen LogP contribution in [0, 0.1) is 0 Å². The lowest BCUT2D eigenvalue weighted by atomic mass is 10.1. The van der Waals surface area contributed by atoms with E-state index in [0.29, 0.717) is 0 Å². The summed E-state index contributed by atoms with van der Waals surface area (Å²) in [5.74, 6) is 6.11. The molecule has 0 spiro atoms. The van der Waals surface area contributed by atoms with Gasteiger partial charge in [0.25, 0.3) is 0 Å². The van der Waals surface area contributed by atoms with Crippen LogP contribution in [0.4, 0.5) is 0 Å². The van der Waals surface area contributed by atoms with Crippen LogP contribution in [0.15, 0.2) is 35.9 Å². The third-order valence-electron chi connectivity index (χ3n) is 3.10. The summed E-state index contributed by atoms with van der Waals surface area (Å²) in [6.45, 7) is 2.15. The Morgan fingerprint density at radius 2 is 2.06 bits per heavy atom. The molecule has 3 rings (SSSR count). The van der Waals surface area contributed by atoms with E-state index < -0.39 is 0 Å². The van der Waals surface area contributed by atoms with Crippen molar-refractivity contribution < 1.29 is 0 Å². The quantitative estimate of drug-likeness (QED) is 0.665. The molecule has 0 atom stereocenters. The summed E-state index contributed by atoms with van der Waals surface area (Å²) >= 11 is 0.